The molecule has 1 unspecified atom stereocenters. The standard InChI is InChI=1S/C17H18N2O3/c20-19(21)16-8-4-5-14(11-16)12-18-9-10-22-17(13-18)15-6-2-1-3-7-15/h1-8,11,17H,9-10,12-13H2. The molecule has 0 saturated carbocycles. The van der Waals surface area contributed by atoms with E-state index in [-0.39, 0.29) is 16.7 Å². The Morgan fingerprint density at radius 1 is 1.18 bits per heavy atom. The second-order valence-electron chi connectivity index (χ2n) is 5.43. The maximum Gasteiger partial charge on any atom is 0.269 e. The highest BCUT2D eigenvalue weighted by Gasteiger charge is 2.22. The van der Waals surface area contributed by atoms with Gasteiger partial charge >= 0.3 is 0 Å². The van der Waals surface area contributed by atoms with Crippen molar-refractivity contribution in [3.05, 3.63) is 75.8 Å². The second kappa shape index (κ2) is 6.68. The Morgan fingerprint density at radius 3 is 2.77 bits per heavy atom. The number of hydrogen-bond acceptors (Lipinski definition) is 4. The number of benzene rings is 2. The third kappa shape index (κ3) is 3.50. The molecule has 0 N–H and O–H groups in total. The van der Waals surface area contributed by atoms with Crippen molar-refractivity contribution < 1.29 is 9.66 Å². The topological polar surface area (TPSA) is 55.6 Å². The second-order valence-corrected chi connectivity index (χ2v) is 5.43. The SMILES string of the molecule is O=[N+]([O-])c1cccc(CN2CCOC(c3ccccc3)C2)c1. The third-order valence-corrected chi connectivity index (χ3v) is 3.85. The summed E-state index contributed by atoms with van der Waals surface area (Å²) in [6.45, 7) is 3.02. The van der Waals surface area contributed by atoms with Crippen LogP contribution in [0.15, 0.2) is 54.6 Å². The molecule has 2 aromatic rings. The quantitative estimate of drug-likeness (QED) is 0.642. The van der Waals surface area contributed by atoms with Gasteiger partial charge in [0.05, 0.1) is 17.6 Å². The maximum atomic E-state index is 10.9. The summed E-state index contributed by atoms with van der Waals surface area (Å²) in [6, 6.07) is 17.0. The maximum absolute atomic E-state index is 10.9. The van der Waals surface area contributed by atoms with Gasteiger partial charge in [-0.15, -0.1) is 0 Å². The minimum atomic E-state index is -0.352. The molecule has 0 amide bonds. The summed E-state index contributed by atoms with van der Waals surface area (Å²) in [5.74, 6) is 0. The van der Waals surface area contributed by atoms with Crippen LogP contribution in [0.25, 0.3) is 0 Å². The largest absolute Gasteiger partial charge is 0.371 e. The molecule has 1 atom stereocenters. The molecular weight excluding hydrogens is 280 g/mol. The normalized spacial score (nSPS) is 19.0. The lowest BCUT2D eigenvalue weighted by Crippen LogP contribution is -2.37. The van der Waals surface area contributed by atoms with Gasteiger partial charge in [0.2, 0.25) is 0 Å². The molecule has 0 radical (unpaired) electrons. The third-order valence-electron chi connectivity index (χ3n) is 3.85. The Kier molecular flexibility index (Phi) is 4.46. The van der Waals surface area contributed by atoms with E-state index in [1.54, 1.807) is 12.1 Å². The van der Waals surface area contributed by atoms with Gasteiger partial charge in [-0.05, 0) is 11.1 Å². The minimum absolute atomic E-state index is 0.0636. The van der Waals surface area contributed by atoms with E-state index in [0.29, 0.717) is 13.2 Å². The lowest BCUT2D eigenvalue weighted by molar-refractivity contribution is -0.384. The predicted molar refractivity (Wildman–Crippen MR) is 83.5 cm³/mol. The van der Waals surface area contributed by atoms with E-state index in [0.717, 1.165) is 18.7 Å². The van der Waals surface area contributed by atoms with Crippen molar-refractivity contribution >= 4 is 5.69 Å². The summed E-state index contributed by atoms with van der Waals surface area (Å²) in [5.41, 5.74) is 2.28. The van der Waals surface area contributed by atoms with E-state index < -0.39 is 0 Å². The number of nitrogens with zero attached hydrogens (tertiary/aromatic N) is 2. The molecule has 3 rings (SSSR count). The van der Waals surface area contributed by atoms with Crippen LogP contribution in [0, 0.1) is 10.1 Å². The van der Waals surface area contributed by atoms with Crippen LogP contribution in [0.1, 0.15) is 17.2 Å². The van der Waals surface area contributed by atoms with Crippen molar-refractivity contribution in [3.63, 3.8) is 0 Å². The lowest BCUT2D eigenvalue weighted by Gasteiger charge is -2.33. The van der Waals surface area contributed by atoms with Crippen LogP contribution >= 0.6 is 0 Å². The molecular formula is C17H18N2O3. The van der Waals surface area contributed by atoms with Gasteiger partial charge in [-0.3, -0.25) is 15.0 Å². The fourth-order valence-electron chi connectivity index (χ4n) is 2.74. The van der Waals surface area contributed by atoms with Gasteiger partial charge in [0.1, 0.15) is 0 Å². The van der Waals surface area contributed by atoms with E-state index in [1.807, 2.05) is 24.3 Å². The predicted octanol–water partition coefficient (Wildman–Crippen LogP) is 3.17. The van der Waals surface area contributed by atoms with Crippen LogP contribution in [-0.4, -0.2) is 29.5 Å². The van der Waals surface area contributed by atoms with Crippen LogP contribution in [0.3, 0.4) is 0 Å². The van der Waals surface area contributed by atoms with Gasteiger partial charge in [0.15, 0.2) is 0 Å². The molecule has 0 aliphatic carbocycles. The molecule has 1 fully saturated rings. The Bertz CT molecular complexity index is 645. The summed E-state index contributed by atoms with van der Waals surface area (Å²) in [6.07, 6.45) is 0.0636. The fourth-order valence-corrected chi connectivity index (χ4v) is 2.74. The number of non-ortho nitro benzene ring substituents is 1. The van der Waals surface area contributed by atoms with Gasteiger partial charge in [0.25, 0.3) is 5.69 Å². The van der Waals surface area contributed by atoms with Gasteiger partial charge in [0, 0.05) is 31.8 Å². The zero-order chi connectivity index (χ0) is 15.4. The van der Waals surface area contributed by atoms with Crippen LogP contribution in [0.2, 0.25) is 0 Å². The van der Waals surface area contributed by atoms with Crippen LogP contribution < -0.4 is 0 Å². The van der Waals surface area contributed by atoms with Gasteiger partial charge in [-0.25, -0.2) is 0 Å². The van der Waals surface area contributed by atoms with Crippen molar-refractivity contribution in [1.29, 1.82) is 0 Å². The Balaban J connectivity index is 1.68. The molecule has 0 spiro atoms. The first-order valence-electron chi connectivity index (χ1n) is 7.34. The Labute approximate surface area is 129 Å². The highest BCUT2D eigenvalue weighted by Crippen LogP contribution is 2.23. The average Bonchev–Trinajstić information content (AvgIpc) is 2.56. The Morgan fingerprint density at radius 2 is 2.00 bits per heavy atom. The van der Waals surface area contributed by atoms with Crippen LogP contribution in [-0.2, 0) is 11.3 Å². The molecule has 5 nitrogen and oxygen atoms in total. The molecule has 22 heavy (non-hydrogen) atoms. The number of ether oxygens (including phenoxy) is 1. The number of rotatable bonds is 4. The van der Waals surface area contributed by atoms with Crippen molar-refractivity contribution in [1.82, 2.24) is 4.90 Å². The summed E-state index contributed by atoms with van der Waals surface area (Å²) in [4.78, 5) is 12.8. The number of nitro benzene ring substituents is 1. The van der Waals surface area contributed by atoms with E-state index >= 15 is 0 Å². The first kappa shape index (κ1) is 14.7. The summed E-state index contributed by atoms with van der Waals surface area (Å²) in [5, 5.41) is 10.9. The van der Waals surface area contributed by atoms with E-state index in [1.165, 1.54) is 11.6 Å². The van der Waals surface area contributed by atoms with Crippen LogP contribution in [0.5, 0.6) is 0 Å². The zero-order valence-electron chi connectivity index (χ0n) is 12.2. The number of morpholine rings is 1. The molecule has 1 heterocycles. The van der Waals surface area contributed by atoms with Gasteiger partial charge < -0.3 is 4.74 Å². The molecule has 0 aromatic heterocycles. The molecule has 114 valence electrons. The monoisotopic (exact) mass is 298 g/mol. The highest BCUT2D eigenvalue weighted by atomic mass is 16.6. The molecule has 2 aromatic carbocycles. The van der Waals surface area contributed by atoms with E-state index in [4.69, 9.17) is 4.74 Å². The summed E-state index contributed by atoms with van der Waals surface area (Å²) < 4.78 is 5.84. The number of hydrogen-bond donors (Lipinski definition) is 0. The number of nitro groups is 1. The molecule has 1 aliphatic rings. The van der Waals surface area contributed by atoms with Crippen molar-refractivity contribution in [2.75, 3.05) is 19.7 Å². The molecule has 5 heteroatoms. The van der Waals surface area contributed by atoms with Crippen molar-refractivity contribution in [2.45, 2.75) is 12.6 Å². The Hall–Kier alpha value is -2.24. The van der Waals surface area contributed by atoms with Gasteiger partial charge in [-0.1, -0.05) is 42.5 Å². The fraction of sp³-hybridized carbons (Fsp3) is 0.294. The van der Waals surface area contributed by atoms with Crippen molar-refractivity contribution in [3.8, 4) is 0 Å². The zero-order valence-corrected chi connectivity index (χ0v) is 12.2. The summed E-state index contributed by atoms with van der Waals surface area (Å²) in [7, 11) is 0. The van der Waals surface area contributed by atoms with Crippen LogP contribution in [0.4, 0.5) is 5.69 Å². The summed E-state index contributed by atoms with van der Waals surface area (Å²) >= 11 is 0. The minimum Gasteiger partial charge on any atom is -0.371 e. The average molecular weight is 298 g/mol. The van der Waals surface area contributed by atoms with E-state index in [9.17, 15) is 10.1 Å². The van der Waals surface area contributed by atoms with E-state index in [2.05, 4.69) is 17.0 Å². The molecule has 1 aliphatic heterocycles. The molecule has 1 saturated heterocycles. The van der Waals surface area contributed by atoms with Gasteiger partial charge in [-0.2, -0.15) is 0 Å². The lowest BCUT2D eigenvalue weighted by atomic mass is 10.1. The first-order valence-corrected chi connectivity index (χ1v) is 7.34. The first-order chi connectivity index (χ1) is 10.7. The smallest absolute Gasteiger partial charge is 0.269 e. The highest BCUT2D eigenvalue weighted by molar-refractivity contribution is 5.34. The molecule has 0 bridgehead atoms. The van der Waals surface area contributed by atoms with Crippen molar-refractivity contribution in [2.24, 2.45) is 0 Å².